The summed E-state index contributed by atoms with van der Waals surface area (Å²) in [5, 5.41) is 7.26. The molecular weight excluding hydrogens is 428 g/mol. The Labute approximate surface area is 143 Å². The van der Waals surface area contributed by atoms with E-state index in [2.05, 4.69) is 31.9 Å². The zero-order chi connectivity index (χ0) is 16.2. The lowest BCUT2D eigenvalue weighted by Gasteiger charge is -2.19. The van der Waals surface area contributed by atoms with E-state index < -0.39 is 5.97 Å². The van der Waals surface area contributed by atoms with Crippen LogP contribution in [0.5, 0.6) is 11.5 Å². The van der Waals surface area contributed by atoms with Crippen molar-refractivity contribution in [2.75, 3.05) is 21.3 Å². The Hall–Kier alpha value is -0.930. The summed E-state index contributed by atoms with van der Waals surface area (Å²) in [6.07, 6.45) is 0. The van der Waals surface area contributed by atoms with Crippen molar-refractivity contribution in [2.24, 2.45) is 5.73 Å². The molecule has 116 valence electrons. The van der Waals surface area contributed by atoms with Gasteiger partial charge in [-0.25, -0.2) is 4.79 Å². The number of carbonyl (C=O) groups excluding carboxylic acids is 1. The molecule has 3 N–H and O–H groups in total. The van der Waals surface area contributed by atoms with E-state index in [-0.39, 0.29) is 10.7 Å². The van der Waals surface area contributed by atoms with Gasteiger partial charge >= 0.3 is 5.97 Å². The van der Waals surface area contributed by atoms with E-state index >= 15 is 0 Å². The van der Waals surface area contributed by atoms with Crippen LogP contribution in [0.25, 0.3) is 0 Å². The third-order valence-electron chi connectivity index (χ3n) is 2.56. The molecule has 0 unspecified atom stereocenters. The minimum atomic E-state index is -0.546. The van der Waals surface area contributed by atoms with Crippen molar-refractivity contribution < 1.29 is 19.0 Å². The Morgan fingerprint density at radius 1 is 1.19 bits per heavy atom. The molecule has 6 nitrogen and oxygen atoms in total. The molecule has 0 radical (unpaired) electrons. The number of methoxy groups -OCH3 is 3. The molecule has 0 amide bonds. The van der Waals surface area contributed by atoms with E-state index in [1.807, 2.05) is 0 Å². The quantitative estimate of drug-likeness (QED) is 0.414. The molecule has 0 atom stereocenters. The van der Waals surface area contributed by atoms with E-state index in [9.17, 15) is 4.79 Å². The van der Waals surface area contributed by atoms with Crippen LogP contribution in [0.2, 0.25) is 0 Å². The van der Waals surface area contributed by atoms with Gasteiger partial charge in [-0.05, 0) is 37.4 Å². The lowest BCUT2D eigenvalue weighted by molar-refractivity contribution is 0.0595. The summed E-state index contributed by atoms with van der Waals surface area (Å²) in [6, 6.07) is 0. The summed E-state index contributed by atoms with van der Waals surface area (Å²) in [4.78, 5) is 12.1. The fourth-order valence-electron chi connectivity index (χ4n) is 1.67. The molecule has 1 aromatic rings. The maximum Gasteiger partial charge on any atom is 0.342 e. The van der Waals surface area contributed by atoms with Crippen LogP contribution in [0.3, 0.4) is 0 Å². The minimum absolute atomic E-state index is 0.0569. The second-order valence-corrected chi connectivity index (χ2v) is 6.30. The summed E-state index contributed by atoms with van der Waals surface area (Å²) < 4.78 is 16.5. The number of rotatable bonds is 5. The second kappa shape index (κ2) is 7.90. The van der Waals surface area contributed by atoms with Crippen molar-refractivity contribution >= 4 is 54.8 Å². The maximum atomic E-state index is 12.1. The number of nitrogens with two attached hydrogens (primary N) is 1. The SMILES string of the molecule is COC(=O)c1c(CSC(=N)N)c(Br)c(OC)c(Br)c1OC. The molecule has 0 aliphatic heterocycles. The molecule has 0 aliphatic rings. The Balaban J connectivity index is 3.62. The zero-order valence-corrected chi connectivity index (χ0v) is 15.6. The monoisotopic (exact) mass is 440 g/mol. The fraction of sp³-hybridized carbons (Fsp3) is 0.333. The number of benzene rings is 1. The van der Waals surface area contributed by atoms with Crippen LogP contribution >= 0.6 is 43.6 Å². The third kappa shape index (κ3) is 3.83. The molecule has 1 aromatic carbocycles. The highest BCUT2D eigenvalue weighted by Crippen LogP contribution is 2.46. The third-order valence-corrected chi connectivity index (χ3v) is 4.86. The Bertz CT molecular complexity index is 581. The molecule has 0 saturated heterocycles. The molecule has 0 aliphatic carbocycles. The fourth-order valence-corrected chi connectivity index (χ4v) is 4.13. The summed E-state index contributed by atoms with van der Waals surface area (Å²) in [6.45, 7) is 0. The number of thioether (sulfide) groups is 1. The van der Waals surface area contributed by atoms with Crippen molar-refractivity contribution in [2.45, 2.75) is 5.75 Å². The van der Waals surface area contributed by atoms with Crippen molar-refractivity contribution in [3.05, 3.63) is 20.1 Å². The highest BCUT2D eigenvalue weighted by Gasteiger charge is 2.28. The predicted octanol–water partition coefficient (Wildman–Crippen LogP) is 3.14. The Morgan fingerprint density at radius 2 is 1.76 bits per heavy atom. The molecule has 9 heteroatoms. The summed E-state index contributed by atoms with van der Waals surface area (Å²) in [7, 11) is 4.24. The van der Waals surface area contributed by atoms with E-state index in [1.54, 1.807) is 0 Å². The normalized spacial score (nSPS) is 10.1. The van der Waals surface area contributed by atoms with Gasteiger partial charge in [-0.1, -0.05) is 11.8 Å². The topological polar surface area (TPSA) is 94.6 Å². The molecule has 1 rings (SSSR count). The van der Waals surface area contributed by atoms with Crippen LogP contribution in [0.4, 0.5) is 0 Å². The van der Waals surface area contributed by atoms with E-state index in [0.29, 0.717) is 31.8 Å². The minimum Gasteiger partial charge on any atom is -0.495 e. The lowest BCUT2D eigenvalue weighted by Crippen LogP contribution is -2.12. The van der Waals surface area contributed by atoms with Crippen molar-refractivity contribution in [3.63, 3.8) is 0 Å². The predicted molar refractivity (Wildman–Crippen MR) is 89.5 cm³/mol. The van der Waals surface area contributed by atoms with Crippen LogP contribution in [0.1, 0.15) is 15.9 Å². The van der Waals surface area contributed by atoms with Crippen LogP contribution in [0.15, 0.2) is 8.95 Å². The van der Waals surface area contributed by atoms with E-state index in [0.717, 1.165) is 11.8 Å². The number of carbonyl (C=O) groups is 1. The van der Waals surface area contributed by atoms with Crippen molar-refractivity contribution in [3.8, 4) is 11.5 Å². The van der Waals surface area contributed by atoms with Gasteiger partial charge in [-0.2, -0.15) is 0 Å². The second-order valence-electron chi connectivity index (χ2n) is 3.69. The number of ether oxygens (including phenoxy) is 3. The van der Waals surface area contributed by atoms with Gasteiger partial charge in [-0.15, -0.1) is 0 Å². The Morgan fingerprint density at radius 3 is 2.19 bits per heavy atom. The van der Waals surface area contributed by atoms with Gasteiger partial charge in [0, 0.05) is 5.75 Å². The maximum absolute atomic E-state index is 12.1. The molecule has 0 bridgehead atoms. The average Bonchev–Trinajstić information content (AvgIpc) is 2.45. The summed E-state index contributed by atoms with van der Waals surface area (Å²) >= 11 is 7.85. The standard InChI is InChI=1S/C12H14Br2N2O4S/c1-18-9-6(11(17)20-3)5(4-21-12(15)16)7(13)10(19-2)8(9)14/h4H2,1-3H3,(H3,15,16). The number of amidine groups is 1. The van der Waals surface area contributed by atoms with E-state index in [4.69, 9.17) is 25.4 Å². The van der Waals surface area contributed by atoms with Gasteiger partial charge < -0.3 is 19.9 Å². The van der Waals surface area contributed by atoms with Gasteiger partial charge in [-0.3, -0.25) is 5.41 Å². The highest BCUT2D eigenvalue weighted by molar-refractivity contribution is 9.11. The first-order chi connectivity index (χ1) is 9.88. The first kappa shape index (κ1) is 18.1. The number of hydrogen-bond donors (Lipinski definition) is 2. The van der Waals surface area contributed by atoms with E-state index in [1.165, 1.54) is 21.3 Å². The zero-order valence-electron chi connectivity index (χ0n) is 11.6. The molecule has 0 saturated carbocycles. The van der Waals surface area contributed by atoms with Gasteiger partial charge in [0.2, 0.25) is 0 Å². The Kier molecular flexibility index (Phi) is 6.82. The summed E-state index contributed by atoms with van der Waals surface area (Å²) in [5.41, 5.74) is 6.20. The van der Waals surface area contributed by atoms with Crippen LogP contribution < -0.4 is 15.2 Å². The van der Waals surface area contributed by atoms with Crippen LogP contribution in [-0.4, -0.2) is 32.5 Å². The van der Waals surface area contributed by atoms with Gasteiger partial charge in [0.15, 0.2) is 16.7 Å². The smallest absolute Gasteiger partial charge is 0.342 e. The first-order valence-electron chi connectivity index (χ1n) is 5.55. The molecule has 0 heterocycles. The lowest BCUT2D eigenvalue weighted by atomic mass is 10.1. The van der Waals surface area contributed by atoms with Crippen LogP contribution in [-0.2, 0) is 10.5 Å². The number of halogens is 2. The first-order valence-corrected chi connectivity index (χ1v) is 8.13. The molecule has 0 aromatic heterocycles. The number of hydrogen-bond acceptors (Lipinski definition) is 6. The molecule has 0 fully saturated rings. The molecule has 0 spiro atoms. The van der Waals surface area contributed by atoms with Crippen LogP contribution in [0, 0.1) is 5.41 Å². The van der Waals surface area contributed by atoms with Gasteiger partial charge in [0.1, 0.15) is 10.0 Å². The average molecular weight is 442 g/mol. The van der Waals surface area contributed by atoms with Crippen molar-refractivity contribution in [1.82, 2.24) is 0 Å². The molecular formula is C12H14Br2N2O4S. The molecule has 21 heavy (non-hydrogen) atoms. The highest BCUT2D eigenvalue weighted by atomic mass is 79.9. The van der Waals surface area contributed by atoms with Gasteiger partial charge in [0.25, 0.3) is 0 Å². The number of nitrogens with one attached hydrogen (secondary N) is 1. The summed E-state index contributed by atoms with van der Waals surface area (Å²) in [5.74, 6) is 0.537. The van der Waals surface area contributed by atoms with Crippen molar-refractivity contribution in [1.29, 1.82) is 5.41 Å². The number of esters is 1. The van der Waals surface area contributed by atoms with Gasteiger partial charge in [0.05, 0.1) is 25.8 Å². The largest absolute Gasteiger partial charge is 0.495 e.